The largest absolute Gasteiger partial charge is 0.493 e. The highest BCUT2D eigenvalue weighted by Gasteiger charge is 2.30. The molecule has 0 aromatic heterocycles. The van der Waals surface area contributed by atoms with Crippen molar-refractivity contribution in [2.75, 3.05) is 6.61 Å². The second-order valence-electron chi connectivity index (χ2n) is 8.17. The van der Waals surface area contributed by atoms with Gasteiger partial charge in [0.2, 0.25) is 0 Å². The molecule has 6 heteroatoms. The summed E-state index contributed by atoms with van der Waals surface area (Å²) < 4.78 is 25.4. The minimum absolute atomic E-state index is 0.0643. The number of hydrogen-bond donors (Lipinski definition) is 2. The third-order valence-electron chi connectivity index (χ3n) is 4.04. The molecule has 0 unspecified atom stereocenters. The molecule has 146 valence electrons. The Bertz CT molecular complexity index is 639. The van der Waals surface area contributed by atoms with Crippen molar-refractivity contribution in [1.29, 1.82) is 0 Å². The molecule has 5 nitrogen and oxygen atoms in total. The van der Waals surface area contributed by atoms with Gasteiger partial charge in [0.05, 0.1) is 12.2 Å². The molecule has 0 radical (unpaired) electrons. The number of carbonyl (C=O) groups is 1. The predicted octanol–water partition coefficient (Wildman–Crippen LogP) is 3.91. The first kappa shape index (κ1) is 20.6. The highest BCUT2D eigenvalue weighted by molar-refractivity contribution is 5.90. The van der Waals surface area contributed by atoms with Crippen molar-refractivity contribution in [3.8, 4) is 5.75 Å². The summed E-state index contributed by atoms with van der Waals surface area (Å²) in [6, 6.07) is 2.81. The molecule has 0 saturated heterocycles. The van der Waals surface area contributed by atoms with Crippen LogP contribution in [-0.4, -0.2) is 34.2 Å². The van der Waals surface area contributed by atoms with Gasteiger partial charge in [-0.2, -0.15) is 0 Å². The molecular formula is C20H29FO5. The molecule has 0 atom stereocenters. The molecule has 2 N–H and O–H groups in total. The Morgan fingerprint density at radius 2 is 1.85 bits per heavy atom. The molecule has 0 spiro atoms. The quantitative estimate of drug-likeness (QED) is 0.413. The van der Waals surface area contributed by atoms with E-state index in [-0.39, 0.29) is 17.9 Å². The maximum atomic E-state index is 14.4. The second-order valence-corrected chi connectivity index (χ2v) is 8.17. The van der Waals surface area contributed by atoms with Gasteiger partial charge in [-0.15, -0.1) is 0 Å². The van der Waals surface area contributed by atoms with Crippen molar-refractivity contribution in [1.82, 2.24) is 0 Å². The van der Waals surface area contributed by atoms with Gasteiger partial charge in [-0.25, -0.2) is 9.18 Å². The number of unbranched alkanes of at least 4 members (excludes halogenated alkanes) is 1. The van der Waals surface area contributed by atoms with Crippen LogP contribution in [0.4, 0.5) is 4.39 Å². The smallest absolute Gasteiger partial charge is 0.341 e. The molecule has 1 aliphatic rings. The summed E-state index contributed by atoms with van der Waals surface area (Å²) >= 11 is 0. The summed E-state index contributed by atoms with van der Waals surface area (Å²) in [7, 11) is 0. The molecule has 0 amide bonds. The van der Waals surface area contributed by atoms with Gasteiger partial charge < -0.3 is 19.7 Å². The van der Waals surface area contributed by atoms with E-state index >= 15 is 0 Å². The number of aliphatic hydroxyl groups is 2. The highest BCUT2D eigenvalue weighted by atomic mass is 19.1. The zero-order valence-electron chi connectivity index (χ0n) is 16.0. The minimum Gasteiger partial charge on any atom is -0.493 e. The standard InChI is InChI=1S/C20H29FO5/c1-19(2,3)26-18(22)15-11-14(13-7-8-13)17(12-16(15)21)25-10-6-5-9-20(4,23)24/h11-13,23-24H,5-10H2,1-4H3. The lowest BCUT2D eigenvalue weighted by Crippen LogP contribution is -2.24. The van der Waals surface area contributed by atoms with E-state index in [9.17, 15) is 19.4 Å². The number of carbonyl (C=O) groups excluding carboxylic acids is 1. The fourth-order valence-corrected chi connectivity index (χ4v) is 2.64. The molecule has 0 bridgehead atoms. The molecule has 1 aliphatic carbocycles. The summed E-state index contributed by atoms with van der Waals surface area (Å²) in [6.45, 7) is 6.91. The Kier molecular flexibility index (Phi) is 6.29. The first-order valence-corrected chi connectivity index (χ1v) is 9.10. The fraction of sp³-hybridized carbons (Fsp3) is 0.650. The zero-order chi connectivity index (χ0) is 19.5. The number of esters is 1. The van der Waals surface area contributed by atoms with Crippen LogP contribution in [0.3, 0.4) is 0 Å². The van der Waals surface area contributed by atoms with Crippen LogP contribution < -0.4 is 4.74 Å². The lowest BCUT2D eigenvalue weighted by Gasteiger charge is -2.20. The fourth-order valence-electron chi connectivity index (χ4n) is 2.64. The summed E-state index contributed by atoms with van der Waals surface area (Å²) in [5.74, 6) is -2.27. The van der Waals surface area contributed by atoms with Crippen molar-refractivity contribution in [3.63, 3.8) is 0 Å². The van der Waals surface area contributed by atoms with E-state index in [4.69, 9.17) is 9.47 Å². The molecule has 1 saturated carbocycles. The van der Waals surface area contributed by atoms with E-state index in [1.165, 1.54) is 13.0 Å². The Labute approximate surface area is 154 Å². The lowest BCUT2D eigenvalue weighted by atomic mass is 10.0. The third-order valence-corrected chi connectivity index (χ3v) is 4.04. The van der Waals surface area contributed by atoms with Gasteiger partial charge in [-0.1, -0.05) is 0 Å². The van der Waals surface area contributed by atoms with Crippen molar-refractivity contribution in [3.05, 3.63) is 29.1 Å². The Morgan fingerprint density at radius 3 is 2.38 bits per heavy atom. The van der Waals surface area contributed by atoms with Crippen LogP contribution in [0.25, 0.3) is 0 Å². The van der Waals surface area contributed by atoms with Crippen molar-refractivity contribution < 1.29 is 28.9 Å². The van der Waals surface area contributed by atoms with Crippen molar-refractivity contribution in [2.24, 2.45) is 0 Å². The van der Waals surface area contributed by atoms with Gasteiger partial charge in [0.1, 0.15) is 17.2 Å². The molecule has 1 aromatic rings. The number of hydrogen-bond acceptors (Lipinski definition) is 5. The van der Waals surface area contributed by atoms with Crippen LogP contribution in [-0.2, 0) is 4.74 Å². The lowest BCUT2D eigenvalue weighted by molar-refractivity contribution is -0.150. The van der Waals surface area contributed by atoms with Gasteiger partial charge in [0, 0.05) is 12.5 Å². The normalized spacial score (nSPS) is 15.0. The average molecular weight is 368 g/mol. The van der Waals surface area contributed by atoms with Crippen LogP contribution in [0.1, 0.15) is 81.6 Å². The molecule has 1 aromatic carbocycles. The summed E-state index contributed by atoms with van der Waals surface area (Å²) in [4.78, 5) is 12.2. The Morgan fingerprint density at radius 1 is 1.19 bits per heavy atom. The number of benzene rings is 1. The molecule has 26 heavy (non-hydrogen) atoms. The van der Waals surface area contributed by atoms with Gasteiger partial charge >= 0.3 is 5.97 Å². The minimum atomic E-state index is -1.68. The van der Waals surface area contributed by atoms with Gasteiger partial charge in [0.15, 0.2) is 5.79 Å². The van der Waals surface area contributed by atoms with E-state index < -0.39 is 23.2 Å². The SMILES string of the molecule is CC(O)(O)CCCCOc1cc(F)c(C(=O)OC(C)(C)C)cc1C1CC1. The zero-order valence-corrected chi connectivity index (χ0v) is 16.0. The first-order chi connectivity index (χ1) is 12.0. The predicted molar refractivity (Wildman–Crippen MR) is 95.7 cm³/mol. The van der Waals surface area contributed by atoms with E-state index in [1.54, 1.807) is 26.8 Å². The second kappa shape index (κ2) is 7.92. The summed E-state index contributed by atoms with van der Waals surface area (Å²) in [5.41, 5.74) is 0.0821. The summed E-state index contributed by atoms with van der Waals surface area (Å²) in [6.07, 6.45) is 3.43. The average Bonchev–Trinajstić information content (AvgIpc) is 3.28. The van der Waals surface area contributed by atoms with Crippen LogP contribution >= 0.6 is 0 Å². The molecule has 2 rings (SSSR count). The van der Waals surface area contributed by atoms with Crippen molar-refractivity contribution >= 4 is 5.97 Å². The van der Waals surface area contributed by atoms with E-state index in [1.807, 2.05) is 0 Å². The topological polar surface area (TPSA) is 76.0 Å². The maximum Gasteiger partial charge on any atom is 0.341 e. The van der Waals surface area contributed by atoms with Gasteiger partial charge in [-0.05, 0) is 70.9 Å². The van der Waals surface area contributed by atoms with Crippen LogP contribution in [0.5, 0.6) is 5.75 Å². The monoisotopic (exact) mass is 368 g/mol. The number of halogens is 1. The van der Waals surface area contributed by atoms with Crippen LogP contribution in [0.15, 0.2) is 12.1 Å². The maximum absolute atomic E-state index is 14.4. The Balaban J connectivity index is 2.05. The molecule has 1 fully saturated rings. The first-order valence-electron chi connectivity index (χ1n) is 9.10. The van der Waals surface area contributed by atoms with E-state index in [0.717, 1.165) is 18.4 Å². The molecular weight excluding hydrogens is 339 g/mol. The molecule has 0 aliphatic heterocycles. The Hall–Kier alpha value is -1.66. The van der Waals surface area contributed by atoms with Gasteiger partial charge in [0.25, 0.3) is 0 Å². The van der Waals surface area contributed by atoms with Crippen LogP contribution in [0.2, 0.25) is 0 Å². The summed E-state index contributed by atoms with van der Waals surface area (Å²) in [5, 5.41) is 18.6. The third kappa shape index (κ3) is 6.57. The molecule has 0 heterocycles. The number of rotatable bonds is 8. The van der Waals surface area contributed by atoms with E-state index in [0.29, 0.717) is 25.2 Å². The highest BCUT2D eigenvalue weighted by Crippen LogP contribution is 2.45. The number of ether oxygens (including phenoxy) is 2. The van der Waals surface area contributed by atoms with E-state index in [2.05, 4.69) is 0 Å². The van der Waals surface area contributed by atoms with Crippen molar-refractivity contribution in [2.45, 2.75) is 77.1 Å². The van der Waals surface area contributed by atoms with Crippen LogP contribution in [0, 0.1) is 5.82 Å². The van der Waals surface area contributed by atoms with Gasteiger partial charge in [-0.3, -0.25) is 0 Å².